The smallest absolute Gasteiger partial charge is 0.384 e. The van der Waals surface area contributed by atoms with Gasteiger partial charge in [0.2, 0.25) is 0 Å². The molecule has 1 aliphatic rings. The highest BCUT2D eigenvalue weighted by molar-refractivity contribution is 7.97. The molecule has 12 heteroatoms. The van der Waals surface area contributed by atoms with Gasteiger partial charge in [0, 0.05) is 42.0 Å². The van der Waals surface area contributed by atoms with E-state index in [2.05, 4.69) is 16.8 Å². The molecule has 1 fully saturated rings. The first-order valence-electron chi connectivity index (χ1n) is 9.66. The number of pyridine rings is 1. The maximum Gasteiger partial charge on any atom is 0.430 e. The summed E-state index contributed by atoms with van der Waals surface area (Å²) in [6.07, 6.45) is -10.2. The van der Waals surface area contributed by atoms with Gasteiger partial charge in [-0.3, -0.25) is 0 Å². The van der Waals surface area contributed by atoms with Crippen molar-refractivity contribution in [2.75, 3.05) is 30.3 Å². The quantitative estimate of drug-likeness (QED) is 0.381. The van der Waals surface area contributed by atoms with Crippen molar-refractivity contribution in [3.05, 3.63) is 48.2 Å². The van der Waals surface area contributed by atoms with Crippen LogP contribution in [0.25, 0.3) is 0 Å². The van der Waals surface area contributed by atoms with E-state index in [0.29, 0.717) is 43.3 Å². The molecular weight excluding hydrogens is 470 g/mol. The molecule has 0 aliphatic carbocycles. The SMILES string of the molecule is CC#CC1CN(Sc2ccc(N)nc2)CCN1c1ccc(C(O)(C(F)(F)F)C(F)(F)F)cc1. The number of anilines is 2. The van der Waals surface area contributed by atoms with Gasteiger partial charge in [-0.2, -0.15) is 26.3 Å². The van der Waals surface area contributed by atoms with Gasteiger partial charge in [-0.15, -0.1) is 5.92 Å². The molecule has 1 aliphatic heterocycles. The van der Waals surface area contributed by atoms with Crippen LogP contribution in [-0.2, 0) is 5.60 Å². The molecule has 178 valence electrons. The molecule has 0 spiro atoms. The Labute approximate surface area is 190 Å². The van der Waals surface area contributed by atoms with Crippen molar-refractivity contribution >= 4 is 23.5 Å². The fourth-order valence-corrected chi connectivity index (χ4v) is 4.33. The molecule has 3 N–H and O–H groups in total. The molecule has 1 saturated heterocycles. The summed E-state index contributed by atoms with van der Waals surface area (Å²) in [5, 5.41) is 9.58. The van der Waals surface area contributed by atoms with Gasteiger partial charge in [0.1, 0.15) is 11.9 Å². The standard InChI is InChI=1S/C21H20F6N4OS/c1-2-3-16-13-30(33-17-8-9-18(28)29-12-17)10-11-31(16)15-6-4-14(5-7-15)19(32,20(22,23)24)21(25,26)27/h4-9,12,16,32H,10-11,13H2,1H3,(H2,28,29). The number of nitrogens with zero attached hydrogens (tertiary/aromatic N) is 3. The molecule has 0 bridgehead atoms. The van der Waals surface area contributed by atoms with Gasteiger partial charge < -0.3 is 15.7 Å². The van der Waals surface area contributed by atoms with Crippen LogP contribution in [0.4, 0.5) is 37.8 Å². The number of aromatic nitrogens is 1. The van der Waals surface area contributed by atoms with Gasteiger partial charge in [0.15, 0.2) is 0 Å². The molecule has 0 radical (unpaired) electrons. The van der Waals surface area contributed by atoms with E-state index in [1.165, 1.54) is 11.9 Å². The number of benzene rings is 1. The van der Waals surface area contributed by atoms with Crippen molar-refractivity contribution in [2.45, 2.75) is 35.8 Å². The second-order valence-corrected chi connectivity index (χ2v) is 8.42. The summed E-state index contributed by atoms with van der Waals surface area (Å²) < 4.78 is 80.8. The lowest BCUT2D eigenvalue weighted by atomic mass is 9.92. The third-order valence-corrected chi connectivity index (χ3v) is 6.13. The average Bonchev–Trinajstić information content (AvgIpc) is 2.74. The van der Waals surface area contributed by atoms with Crippen LogP contribution in [0.3, 0.4) is 0 Å². The second kappa shape index (κ2) is 9.32. The fraction of sp³-hybridized carbons (Fsp3) is 0.381. The Morgan fingerprint density at radius 3 is 2.18 bits per heavy atom. The average molecular weight is 490 g/mol. The summed E-state index contributed by atoms with van der Waals surface area (Å²) in [4.78, 5) is 6.71. The van der Waals surface area contributed by atoms with E-state index in [9.17, 15) is 31.4 Å². The molecule has 1 aromatic heterocycles. The van der Waals surface area contributed by atoms with E-state index in [1.807, 2.05) is 10.4 Å². The summed E-state index contributed by atoms with van der Waals surface area (Å²) >= 11 is 1.45. The molecule has 3 rings (SSSR count). The van der Waals surface area contributed by atoms with E-state index in [-0.39, 0.29) is 6.04 Å². The molecule has 2 aromatic rings. The minimum atomic E-state index is -5.93. The molecule has 1 unspecified atom stereocenters. The van der Waals surface area contributed by atoms with Crippen LogP contribution >= 0.6 is 11.9 Å². The number of nitrogen functional groups attached to an aromatic ring is 1. The number of hydrogen-bond acceptors (Lipinski definition) is 6. The van der Waals surface area contributed by atoms with Crippen LogP contribution in [0.1, 0.15) is 12.5 Å². The molecule has 1 aromatic carbocycles. The molecule has 5 nitrogen and oxygen atoms in total. The first-order valence-corrected chi connectivity index (χ1v) is 10.4. The third-order valence-electron chi connectivity index (χ3n) is 5.08. The predicted octanol–water partition coefficient (Wildman–Crippen LogP) is 4.20. The minimum absolute atomic E-state index is 0.354. The first kappa shape index (κ1) is 25.0. The lowest BCUT2D eigenvalue weighted by molar-refractivity contribution is -0.376. The van der Waals surface area contributed by atoms with Crippen molar-refractivity contribution < 1.29 is 31.4 Å². The van der Waals surface area contributed by atoms with Gasteiger partial charge in [-0.1, -0.05) is 18.1 Å². The highest BCUT2D eigenvalue weighted by Gasteiger charge is 2.71. The topological polar surface area (TPSA) is 65.6 Å². The van der Waals surface area contributed by atoms with E-state index in [1.54, 1.807) is 24.1 Å². The highest BCUT2D eigenvalue weighted by atomic mass is 32.2. The molecule has 33 heavy (non-hydrogen) atoms. The minimum Gasteiger partial charge on any atom is -0.384 e. The molecule has 1 atom stereocenters. The summed E-state index contributed by atoms with van der Waals surface area (Å²) in [7, 11) is 0. The number of nitrogens with two attached hydrogens (primary N) is 1. The van der Waals surface area contributed by atoms with Gasteiger partial charge in [0.05, 0.1) is 0 Å². The number of alkyl halides is 6. The lowest BCUT2D eigenvalue weighted by Gasteiger charge is -2.40. The third kappa shape index (κ3) is 5.15. The summed E-state index contributed by atoms with van der Waals surface area (Å²) in [5.74, 6) is 6.23. The van der Waals surface area contributed by atoms with E-state index < -0.39 is 23.5 Å². The van der Waals surface area contributed by atoms with Crippen LogP contribution in [-0.4, -0.2) is 52.4 Å². The Morgan fingerprint density at radius 2 is 1.67 bits per heavy atom. The zero-order valence-electron chi connectivity index (χ0n) is 17.3. The van der Waals surface area contributed by atoms with E-state index >= 15 is 0 Å². The van der Waals surface area contributed by atoms with Crippen molar-refractivity contribution in [1.29, 1.82) is 0 Å². The number of piperazine rings is 1. The zero-order valence-corrected chi connectivity index (χ0v) is 18.1. The first-order chi connectivity index (χ1) is 15.4. The van der Waals surface area contributed by atoms with E-state index in [4.69, 9.17) is 5.73 Å². The normalized spacial score (nSPS) is 18.1. The maximum absolute atomic E-state index is 13.1. The number of hydrogen-bond donors (Lipinski definition) is 2. The molecule has 2 heterocycles. The second-order valence-electron chi connectivity index (χ2n) is 7.25. The molecule has 0 saturated carbocycles. The van der Waals surface area contributed by atoms with Crippen molar-refractivity contribution in [3.63, 3.8) is 0 Å². The molecule has 0 amide bonds. The van der Waals surface area contributed by atoms with E-state index in [0.717, 1.165) is 17.0 Å². The summed E-state index contributed by atoms with van der Waals surface area (Å²) in [6, 6.07) is 6.70. The number of halogens is 6. The van der Waals surface area contributed by atoms with Crippen molar-refractivity contribution in [2.24, 2.45) is 0 Å². The lowest BCUT2D eigenvalue weighted by Crippen LogP contribution is -2.54. The molecular formula is C21H20F6N4OS. The predicted molar refractivity (Wildman–Crippen MR) is 113 cm³/mol. The summed E-state index contributed by atoms with van der Waals surface area (Å²) in [6.45, 7) is 3.08. The monoisotopic (exact) mass is 490 g/mol. The van der Waals surface area contributed by atoms with Crippen molar-refractivity contribution in [1.82, 2.24) is 9.29 Å². The van der Waals surface area contributed by atoms with Crippen molar-refractivity contribution in [3.8, 4) is 11.8 Å². The fourth-order valence-electron chi connectivity index (χ4n) is 3.42. The Morgan fingerprint density at radius 1 is 1.03 bits per heavy atom. The number of rotatable bonds is 4. The zero-order chi connectivity index (χ0) is 24.4. The van der Waals surface area contributed by atoms with Gasteiger partial charge in [0.25, 0.3) is 5.60 Å². The Balaban J connectivity index is 1.81. The maximum atomic E-state index is 13.1. The number of aliphatic hydroxyl groups is 1. The Bertz CT molecular complexity index is 1000. The van der Waals surface area contributed by atoms with Gasteiger partial charge in [-0.25, -0.2) is 9.29 Å². The van der Waals surface area contributed by atoms with Crippen LogP contribution in [0, 0.1) is 11.8 Å². The van der Waals surface area contributed by atoms with Crippen LogP contribution < -0.4 is 10.6 Å². The highest BCUT2D eigenvalue weighted by Crippen LogP contribution is 2.50. The van der Waals surface area contributed by atoms with Crippen LogP contribution in [0.5, 0.6) is 0 Å². The van der Waals surface area contributed by atoms with Gasteiger partial charge >= 0.3 is 12.4 Å². The van der Waals surface area contributed by atoms with Crippen LogP contribution in [0.2, 0.25) is 0 Å². The summed E-state index contributed by atoms with van der Waals surface area (Å²) in [5.41, 5.74) is -0.262. The van der Waals surface area contributed by atoms with Gasteiger partial charge in [-0.05, 0) is 43.1 Å². The largest absolute Gasteiger partial charge is 0.430 e. The van der Waals surface area contributed by atoms with Crippen LogP contribution in [0.15, 0.2) is 47.5 Å². The Kier molecular flexibility index (Phi) is 7.07. The Hall–Kier alpha value is -2.62.